The molecule has 39 heavy (non-hydrogen) atoms. The number of rotatable bonds is 4. The minimum atomic E-state index is 0.111. The molecular weight excluding hydrogens is 500 g/mol. The van der Waals surface area contributed by atoms with Crippen molar-refractivity contribution < 1.29 is 4.79 Å². The first-order chi connectivity index (χ1) is 19.1. The first kappa shape index (κ1) is 24.3. The highest BCUT2D eigenvalue weighted by Crippen LogP contribution is 2.41. The number of fused-ring (bicyclic) bond motifs is 4. The fourth-order valence-corrected chi connectivity index (χ4v) is 7.47. The molecule has 7 rings (SSSR count). The zero-order valence-electron chi connectivity index (χ0n) is 22.3. The number of anilines is 1. The topological polar surface area (TPSA) is 49.3 Å². The molecule has 1 atom stereocenters. The highest BCUT2D eigenvalue weighted by molar-refractivity contribution is 7.19. The molecule has 6 heteroatoms. The molecule has 1 unspecified atom stereocenters. The van der Waals surface area contributed by atoms with Crippen molar-refractivity contribution in [3.05, 3.63) is 100 Å². The molecular formula is C33H32N4OS. The van der Waals surface area contributed by atoms with Gasteiger partial charge < -0.3 is 9.80 Å². The number of thiophene rings is 1. The molecule has 0 radical (unpaired) electrons. The normalized spacial score (nSPS) is 17.5. The Hall–Kier alpha value is -3.77. The maximum atomic E-state index is 13.4. The van der Waals surface area contributed by atoms with Gasteiger partial charge in [-0.25, -0.2) is 9.97 Å². The Balaban J connectivity index is 1.18. The summed E-state index contributed by atoms with van der Waals surface area (Å²) in [6.07, 6.45) is 4.18. The summed E-state index contributed by atoms with van der Waals surface area (Å²) in [7, 11) is 0. The predicted molar refractivity (Wildman–Crippen MR) is 160 cm³/mol. The van der Waals surface area contributed by atoms with Crippen LogP contribution in [0.3, 0.4) is 0 Å². The van der Waals surface area contributed by atoms with Crippen molar-refractivity contribution in [2.75, 3.05) is 31.1 Å². The first-order valence-electron chi connectivity index (χ1n) is 14.0. The van der Waals surface area contributed by atoms with Crippen LogP contribution in [0.2, 0.25) is 0 Å². The van der Waals surface area contributed by atoms with Crippen molar-refractivity contribution in [3.8, 4) is 0 Å². The van der Waals surface area contributed by atoms with Gasteiger partial charge in [-0.2, -0.15) is 0 Å². The van der Waals surface area contributed by atoms with Gasteiger partial charge in [-0.1, -0.05) is 67.6 Å². The Bertz CT molecular complexity index is 1670. The highest BCUT2D eigenvalue weighted by atomic mass is 32.1. The molecule has 3 aromatic carbocycles. The Morgan fingerprint density at radius 1 is 0.923 bits per heavy atom. The second-order valence-electron chi connectivity index (χ2n) is 11.0. The summed E-state index contributed by atoms with van der Waals surface area (Å²) in [5.74, 6) is 2.77. The molecule has 5 nitrogen and oxygen atoms in total. The van der Waals surface area contributed by atoms with E-state index < -0.39 is 0 Å². The summed E-state index contributed by atoms with van der Waals surface area (Å²) in [6.45, 7) is 5.28. The lowest BCUT2D eigenvalue weighted by Crippen LogP contribution is -2.49. The van der Waals surface area contributed by atoms with Gasteiger partial charge >= 0.3 is 0 Å². The van der Waals surface area contributed by atoms with Crippen molar-refractivity contribution in [2.24, 2.45) is 5.92 Å². The lowest BCUT2D eigenvalue weighted by Gasteiger charge is -2.36. The number of aromatic nitrogens is 2. The van der Waals surface area contributed by atoms with E-state index in [1.165, 1.54) is 27.8 Å². The molecule has 5 aromatic rings. The lowest BCUT2D eigenvalue weighted by molar-refractivity contribution is 0.0746. The van der Waals surface area contributed by atoms with E-state index in [2.05, 4.69) is 48.2 Å². The third-order valence-corrected chi connectivity index (χ3v) is 9.40. The third kappa shape index (κ3) is 4.67. The maximum absolute atomic E-state index is 13.4. The number of piperazine rings is 1. The van der Waals surface area contributed by atoms with Crippen LogP contribution in [0.15, 0.2) is 72.8 Å². The van der Waals surface area contributed by atoms with E-state index in [9.17, 15) is 4.79 Å². The summed E-state index contributed by atoms with van der Waals surface area (Å²) in [5.41, 5.74) is 3.45. The second-order valence-corrected chi connectivity index (χ2v) is 12.1. The Labute approximate surface area is 233 Å². The van der Waals surface area contributed by atoms with E-state index in [4.69, 9.17) is 9.97 Å². The minimum Gasteiger partial charge on any atom is -0.352 e. The molecule has 1 aliphatic carbocycles. The number of nitrogens with zero attached hydrogens (tertiary/aromatic N) is 4. The van der Waals surface area contributed by atoms with Crippen LogP contribution in [0.5, 0.6) is 0 Å². The number of carbonyl (C=O) groups excluding carboxylic acids is 1. The average molecular weight is 533 g/mol. The summed E-state index contributed by atoms with van der Waals surface area (Å²) >= 11 is 1.87. The summed E-state index contributed by atoms with van der Waals surface area (Å²) in [5, 5.41) is 3.52. The van der Waals surface area contributed by atoms with Crippen LogP contribution in [0.25, 0.3) is 21.0 Å². The van der Waals surface area contributed by atoms with Gasteiger partial charge in [-0.05, 0) is 59.2 Å². The van der Waals surface area contributed by atoms with Crippen molar-refractivity contribution in [1.29, 1.82) is 0 Å². The van der Waals surface area contributed by atoms with Crippen molar-refractivity contribution >= 4 is 44.1 Å². The number of benzene rings is 3. The summed E-state index contributed by atoms with van der Waals surface area (Å²) in [4.78, 5) is 30.7. The number of amides is 1. The van der Waals surface area contributed by atoms with Crippen molar-refractivity contribution in [1.82, 2.24) is 14.9 Å². The lowest BCUT2D eigenvalue weighted by atomic mass is 9.89. The van der Waals surface area contributed by atoms with E-state index in [1.807, 2.05) is 52.6 Å². The van der Waals surface area contributed by atoms with E-state index in [-0.39, 0.29) is 5.91 Å². The number of hydrogen-bond acceptors (Lipinski definition) is 5. The first-order valence-corrected chi connectivity index (χ1v) is 14.8. The SMILES string of the molecule is CC1CCc2c(sc3nc(Cc4ccccc4)nc(N4CCN(C(=O)c5ccc6ccccc6c5)CC4)c23)C1. The summed E-state index contributed by atoms with van der Waals surface area (Å²) in [6, 6.07) is 24.7. The number of carbonyl (C=O) groups is 1. The molecule has 2 aliphatic rings. The van der Waals surface area contributed by atoms with Crippen LogP contribution in [0.4, 0.5) is 5.82 Å². The number of aryl methyl sites for hydroxylation is 1. The monoisotopic (exact) mass is 532 g/mol. The maximum Gasteiger partial charge on any atom is 0.253 e. The van der Waals surface area contributed by atoms with Gasteiger partial charge in [0, 0.05) is 43.0 Å². The van der Waals surface area contributed by atoms with Gasteiger partial charge in [0.25, 0.3) is 5.91 Å². The molecule has 196 valence electrons. The molecule has 2 aromatic heterocycles. The van der Waals surface area contributed by atoms with Gasteiger partial charge in [0.15, 0.2) is 0 Å². The van der Waals surface area contributed by atoms with Gasteiger partial charge in [0.1, 0.15) is 16.5 Å². The van der Waals surface area contributed by atoms with Crippen molar-refractivity contribution in [3.63, 3.8) is 0 Å². The molecule has 0 saturated carbocycles. The molecule has 1 amide bonds. The van der Waals surface area contributed by atoms with Crippen LogP contribution in [0, 0.1) is 5.92 Å². The Morgan fingerprint density at radius 2 is 1.69 bits per heavy atom. The van der Waals surface area contributed by atoms with Crippen LogP contribution in [-0.2, 0) is 19.3 Å². The summed E-state index contributed by atoms with van der Waals surface area (Å²) < 4.78 is 0. The smallest absolute Gasteiger partial charge is 0.253 e. The van der Waals surface area contributed by atoms with E-state index in [1.54, 1.807) is 0 Å². The molecule has 0 N–H and O–H groups in total. The predicted octanol–water partition coefficient (Wildman–Crippen LogP) is 6.52. The second kappa shape index (κ2) is 10.1. The fourth-order valence-electron chi connectivity index (χ4n) is 6.08. The molecule has 0 bridgehead atoms. The zero-order chi connectivity index (χ0) is 26.3. The standard InChI is InChI=1S/C33H32N4OS/c1-22-11-14-27-28(19-22)39-32-30(27)31(34-29(35-32)20-23-7-3-2-4-8-23)36-15-17-37(18-16-36)33(38)26-13-12-24-9-5-6-10-25(24)21-26/h2-10,12-13,21-22H,11,14-20H2,1H3. The fraction of sp³-hybridized carbons (Fsp3) is 0.303. The molecule has 3 heterocycles. The molecule has 1 aliphatic heterocycles. The third-order valence-electron chi connectivity index (χ3n) is 8.25. The van der Waals surface area contributed by atoms with E-state index in [0.717, 1.165) is 71.1 Å². The van der Waals surface area contributed by atoms with Crippen molar-refractivity contribution in [2.45, 2.75) is 32.6 Å². The Kier molecular flexibility index (Phi) is 6.28. The molecule has 0 spiro atoms. The minimum absolute atomic E-state index is 0.111. The number of hydrogen-bond donors (Lipinski definition) is 0. The van der Waals surface area contributed by atoms with E-state index in [0.29, 0.717) is 13.1 Å². The van der Waals surface area contributed by atoms with Gasteiger partial charge in [-0.3, -0.25) is 4.79 Å². The molecule has 1 saturated heterocycles. The molecule has 1 fully saturated rings. The van der Waals surface area contributed by atoms with Crippen LogP contribution >= 0.6 is 11.3 Å². The largest absolute Gasteiger partial charge is 0.352 e. The van der Waals surface area contributed by atoms with Gasteiger partial charge in [-0.15, -0.1) is 11.3 Å². The zero-order valence-corrected chi connectivity index (χ0v) is 23.1. The average Bonchev–Trinajstić information content (AvgIpc) is 3.34. The van der Waals surface area contributed by atoms with Crippen LogP contribution in [-0.4, -0.2) is 47.0 Å². The quantitative estimate of drug-likeness (QED) is 0.264. The van der Waals surface area contributed by atoms with Gasteiger partial charge in [0.2, 0.25) is 0 Å². The Morgan fingerprint density at radius 3 is 2.51 bits per heavy atom. The van der Waals surface area contributed by atoms with Crippen LogP contribution < -0.4 is 4.90 Å². The highest BCUT2D eigenvalue weighted by Gasteiger charge is 2.29. The van der Waals surface area contributed by atoms with Gasteiger partial charge in [0.05, 0.1) is 5.39 Å². The van der Waals surface area contributed by atoms with E-state index >= 15 is 0 Å². The van der Waals surface area contributed by atoms with Crippen LogP contribution in [0.1, 0.15) is 45.5 Å².